The number of methoxy groups -OCH3 is 2. The number of nitriles is 1. The molecule has 0 bridgehead atoms. The number of aromatic nitrogens is 6. The summed E-state index contributed by atoms with van der Waals surface area (Å²) in [7, 11) is 3.30. The van der Waals surface area contributed by atoms with Crippen LogP contribution in [0.1, 0.15) is 16.7 Å². The fraction of sp³-hybridized carbons (Fsp3) is 0.125. The summed E-state index contributed by atoms with van der Waals surface area (Å²) in [6.45, 7) is 1.03. The molecule has 0 radical (unpaired) electrons. The Morgan fingerprint density at radius 3 is 2.14 bits per heavy atom. The summed E-state index contributed by atoms with van der Waals surface area (Å²) in [6, 6.07) is 27.3. The second-order valence-corrected chi connectivity index (χ2v) is 10.3. The third-order valence-electron chi connectivity index (χ3n) is 6.89. The molecule has 0 saturated carbocycles. The van der Waals surface area contributed by atoms with E-state index in [2.05, 4.69) is 36.9 Å². The van der Waals surface area contributed by atoms with Crippen molar-refractivity contribution in [1.29, 1.82) is 5.26 Å². The van der Waals surface area contributed by atoms with Crippen LogP contribution in [0.25, 0.3) is 28.2 Å². The molecule has 212 valence electrons. The molecule has 0 spiro atoms. The lowest BCUT2D eigenvalue weighted by molar-refractivity contribution is 0.414. The van der Waals surface area contributed by atoms with E-state index >= 15 is 0 Å². The van der Waals surface area contributed by atoms with Crippen molar-refractivity contribution in [3.63, 3.8) is 0 Å². The van der Waals surface area contributed by atoms with Gasteiger partial charge in [0.25, 0.3) is 0 Å². The van der Waals surface area contributed by atoms with Crippen LogP contribution < -0.4 is 14.4 Å². The average Bonchev–Trinajstić information content (AvgIpc) is 3.45. The van der Waals surface area contributed by atoms with Crippen LogP contribution in [0.3, 0.4) is 0 Å². The molecule has 0 saturated heterocycles. The third kappa shape index (κ3) is 5.86. The van der Waals surface area contributed by atoms with Gasteiger partial charge in [0.2, 0.25) is 10.7 Å². The lowest BCUT2D eigenvalue weighted by atomic mass is 10.0. The molecular weight excluding hydrogens is 608 g/mol. The minimum absolute atomic E-state index is 0.405. The summed E-state index contributed by atoms with van der Waals surface area (Å²) in [5.74, 6) is 2.12. The fourth-order valence-corrected chi connectivity index (χ4v) is 5.15. The summed E-state index contributed by atoms with van der Waals surface area (Å²) in [5, 5.41) is 14.4. The monoisotopic (exact) mass is 632 g/mol. The van der Waals surface area contributed by atoms with Gasteiger partial charge in [0, 0.05) is 24.8 Å². The molecule has 0 amide bonds. The number of rotatable bonds is 9. The Hall–Kier alpha value is -5.34. The van der Waals surface area contributed by atoms with E-state index < -0.39 is 0 Å². The molecule has 0 atom stereocenters. The normalized spacial score (nSPS) is 10.8. The topological polar surface area (TPSA) is 114 Å². The second kappa shape index (κ2) is 12.3. The predicted octanol–water partition coefficient (Wildman–Crippen LogP) is 6.11. The predicted molar refractivity (Wildman–Crippen MR) is 166 cm³/mol. The highest BCUT2D eigenvalue weighted by atomic mass is 79.9. The maximum Gasteiger partial charge on any atom is 0.229 e. The number of halogens is 1. The molecule has 11 heteroatoms. The van der Waals surface area contributed by atoms with Gasteiger partial charge in [-0.15, -0.1) is 5.10 Å². The highest BCUT2D eigenvalue weighted by Crippen LogP contribution is 2.36. The highest BCUT2D eigenvalue weighted by Gasteiger charge is 2.25. The van der Waals surface area contributed by atoms with Gasteiger partial charge in [-0.3, -0.25) is 0 Å². The maximum absolute atomic E-state index is 9.67. The molecule has 6 aromatic rings. The first-order valence-electron chi connectivity index (χ1n) is 13.3. The van der Waals surface area contributed by atoms with E-state index in [-0.39, 0.29) is 0 Å². The van der Waals surface area contributed by atoms with Gasteiger partial charge in [-0.2, -0.15) is 9.78 Å². The van der Waals surface area contributed by atoms with Gasteiger partial charge in [-0.05, 0) is 69.5 Å². The molecule has 43 heavy (non-hydrogen) atoms. The molecule has 3 aromatic heterocycles. The number of anilines is 1. The molecule has 6 rings (SSSR count). The Bertz CT molecular complexity index is 1870. The lowest BCUT2D eigenvalue weighted by Gasteiger charge is -2.26. The summed E-state index contributed by atoms with van der Waals surface area (Å²) < 4.78 is 12.9. The Labute approximate surface area is 256 Å². The molecule has 0 fully saturated rings. The Morgan fingerprint density at radius 2 is 1.56 bits per heavy atom. The molecule has 0 N–H and O–H groups in total. The van der Waals surface area contributed by atoms with Crippen molar-refractivity contribution >= 4 is 27.5 Å². The minimum Gasteiger partial charge on any atom is -0.497 e. The number of fused-ring (bicyclic) bond motifs is 1. The van der Waals surface area contributed by atoms with Crippen LogP contribution in [0, 0.1) is 11.3 Å². The molecule has 0 aliphatic rings. The Balaban J connectivity index is 1.58. The number of benzene rings is 3. The van der Waals surface area contributed by atoms with Crippen LogP contribution in [-0.4, -0.2) is 43.8 Å². The average molecular weight is 634 g/mol. The molecule has 10 nitrogen and oxygen atoms in total. The van der Waals surface area contributed by atoms with E-state index in [1.54, 1.807) is 31.0 Å². The zero-order valence-corrected chi connectivity index (χ0v) is 24.9. The van der Waals surface area contributed by atoms with Crippen LogP contribution in [-0.2, 0) is 13.1 Å². The first-order valence-corrected chi connectivity index (χ1v) is 14.1. The molecule has 3 heterocycles. The van der Waals surface area contributed by atoms with Gasteiger partial charge in [-0.25, -0.2) is 19.9 Å². The zero-order chi connectivity index (χ0) is 29.8. The number of hydrogen-bond acceptors (Lipinski definition) is 9. The van der Waals surface area contributed by atoms with Crippen molar-refractivity contribution < 1.29 is 9.47 Å². The summed E-state index contributed by atoms with van der Waals surface area (Å²) >= 11 is 3.49. The zero-order valence-electron chi connectivity index (χ0n) is 23.3. The first kappa shape index (κ1) is 27.8. The molecule has 0 unspecified atom stereocenters. The van der Waals surface area contributed by atoms with Crippen molar-refractivity contribution in [3.8, 4) is 40.1 Å². The quantitative estimate of drug-likeness (QED) is 0.186. The number of ether oxygens (including phenoxy) is 2. The Kier molecular flexibility index (Phi) is 7.93. The standard InChI is InChI=1S/C32H25BrN8O2/c1-42-25-10-6-21(7-11-25)18-40(19-22-8-12-26(43-2)13-9-22)32-37-29(24-5-3-4-23(16-24)17-34)28(27-14-15-35-20-36-27)30-38-31(33)39-41(30)32/h3-16,20H,18-19H2,1-2H3. The fourth-order valence-electron chi connectivity index (χ4n) is 4.82. The van der Waals surface area contributed by atoms with Gasteiger partial charge in [0.05, 0.1) is 42.8 Å². The lowest BCUT2D eigenvalue weighted by Crippen LogP contribution is -2.26. The van der Waals surface area contributed by atoms with Gasteiger partial charge >= 0.3 is 0 Å². The van der Waals surface area contributed by atoms with E-state index in [4.69, 9.17) is 24.5 Å². The highest BCUT2D eigenvalue weighted by molar-refractivity contribution is 9.10. The largest absolute Gasteiger partial charge is 0.497 e. The summed E-state index contributed by atoms with van der Waals surface area (Å²) in [4.78, 5) is 20.8. The van der Waals surface area contributed by atoms with Gasteiger partial charge in [0.1, 0.15) is 17.8 Å². The third-order valence-corrected chi connectivity index (χ3v) is 7.23. The first-order chi connectivity index (χ1) is 21.1. The van der Waals surface area contributed by atoms with E-state index in [1.807, 2.05) is 72.8 Å². The van der Waals surface area contributed by atoms with E-state index in [1.165, 1.54) is 6.33 Å². The molecule has 3 aromatic carbocycles. The summed E-state index contributed by atoms with van der Waals surface area (Å²) in [5.41, 5.74) is 5.86. The van der Waals surface area contributed by atoms with E-state index in [0.717, 1.165) is 28.2 Å². The van der Waals surface area contributed by atoms with Crippen molar-refractivity contribution in [1.82, 2.24) is 29.5 Å². The van der Waals surface area contributed by atoms with Crippen LogP contribution in [0.4, 0.5) is 5.95 Å². The van der Waals surface area contributed by atoms with Crippen molar-refractivity contribution in [2.45, 2.75) is 13.1 Å². The second-order valence-electron chi connectivity index (χ2n) is 9.59. The molecule has 0 aliphatic heterocycles. The molecular formula is C32H25BrN8O2. The van der Waals surface area contributed by atoms with Crippen molar-refractivity contribution in [2.24, 2.45) is 0 Å². The maximum atomic E-state index is 9.67. The van der Waals surface area contributed by atoms with Crippen LogP contribution >= 0.6 is 15.9 Å². The smallest absolute Gasteiger partial charge is 0.229 e. The van der Waals surface area contributed by atoms with Gasteiger partial charge in [-0.1, -0.05) is 36.4 Å². The van der Waals surface area contributed by atoms with Crippen LogP contribution in [0.15, 0.2) is 96.1 Å². The SMILES string of the molecule is COc1ccc(CN(Cc2ccc(OC)cc2)c2nc(-c3cccc(C#N)c3)c(-c3ccncn3)c3nc(Br)nn23)cc1. The van der Waals surface area contributed by atoms with Crippen molar-refractivity contribution in [2.75, 3.05) is 19.1 Å². The number of hydrogen-bond donors (Lipinski definition) is 0. The van der Waals surface area contributed by atoms with Crippen LogP contribution in [0.5, 0.6) is 11.5 Å². The van der Waals surface area contributed by atoms with Gasteiger partial charge < -0.3 is 14.4 Å². The molecule has 0 aliphatic carbocycles. The summed E-state index contributed by atoms with van der Waals surface area (Å²) in [6.07, 6.45) is 3.16. The number of nitrogens with zero attached hydrogens (tertiary/aromatic N) is 8. The Morgan fingerprint density at radius 1 is 0.884 bits per heavy atom. The van der Waals surface area contributed by atoms with Crippen LogP contribution in [0.2, 0.25) is 0 Å². The van der Waals surface area contributed by atoms with E-state index in [0.29, 0.717) is 51.9 Å². The van der Waals surface area contributed by atoms with E-state index in [9.17, 15) is 5.26 Å². The van der Waals surface area contributed by atoms with Crippen molar-refractivity contribution in [3.05, 3.63) is 113 Å². The van der Waals surface area contributed by atoms with Gasteiger partial charge in [0.15, 0.2) is 5.65 Å². The minimum atomic E-state index is 0.405.